The summed E-state index contributed by atoms with van der Waals surface area (Å²) in [4.78, 5) is 12.6. The molecule has 8 nitrogen and oxygen atoms in total. The highest BCUT2D eigenvalue weighted by atomic mass is 16.7. The lowest BCUT2D eigenvalue weighted by Crippen LogP contribution is -2.46. The molecule has 2 saturated heterocycles. The smallest absolute Gasteiger partial charge is 0.338 e. The van der Waals surface area contributed by atoms with Gasteiger partial charge in [-0.05, 0) is 62.8 Å². The molecule has 3 fully saturated rings. The fourth-order valence-corrected chi connectivity index (χ4v) is 4.55. The van der Waals surface area contributed by atoms with Gasteiger partial charge in [-0.15, -0.1) is 0 Å². The van der Waals surface area contributed by atoms with Crippen molar-refractivity contribution in [1.82, 2.24) is 0 Å². The standard InChI is InChI=1S/C27H40O8/c1-3-26(13-29-14-26)17-31-19-33-22-7-5-21(6-8-22)25(28)35-24-11-9-23(10-12-24)34-20-32-18-27(4-2)15-30-16-27/h5-8,23-24H,3-4,9-20H2,1-2H3. The highest BCUT2D eigenvalue weighted by molar-refractivity contribution is 5.89. The van der Waals surface area contributed by atoms with Crippen LogP contribution in [0, 0.1) is 10.8 Å². The molecule has 0 radical (unpaired) electrons. The maximum Gasteiger partial charge on any atom is 0.338 e. The van der Waals surface area contributed by atoms with E-state index in [0.717, 1.165) is 65.0 Å². The van der Waals surface area contributed by atoms with Crippen LogP contribution in [0.5, 0.6) is 5.75 Å². The van der Waals surface area contributed by atoms with Gasteiger partial charge in [0.05, 0.1) is 51.3 Å². The van der Waals surface area contributed by atoms with Crippen molar-refractivity contribution in [2.24, 2.45) is 10.8 Å². The molecule has 0 amide bonds. The second-order valence-electron chi connectivity index (χ2n) is 10.3. The van der Waals surface area contributed by atoms with Gasteiger partial charge in [-0.1, -0.05) is 13.8 Å². The molecule has 1 aromatic rings. The zero-order chi connectivity index (χ0) is 24.6. The molecule has 0 unspecified atom stereocenters. The number of hydrogen-bond acceptors (Lipinski definition) is 8. The maximum atomic E-state index is 12.6. The molecule has 8 heteroatoms. The van der Waals surface area contributed by atoms with Crippen LogP contribution in [0.15, 0.2) is 24.3 Å². The largest absolute Gasteiger partial charge is 0.468 e. The van der Waals surface area contributed by atoms with Crippen molar-refractivity contribution in [3.05, 3.63) is 29.8 Å². The Morgan fingerprint density at radius 2 is 1.37 bits per heavy atom. The Morgan fingerprint density at radius 3 is 1.89 bits per heavy atom. The fraction of sp³-hybridized carbons (Fsp3) is 0.741. The number of esters is 1. The molecule has 0 N–H and O–H groups in total. The Morgan fingerprint density at radius 1 is 0.829 bits per heavy atom. The predicted molar refractivity (Wildman–Crippen MR) is 128 cm³/mol. The van der Waals surface area contributed by atoms with Crippen molar-refractivity contribution >= 4 is 5.97 Å². The summed E-state index contributed by atoms with van der Waals surface area (Å²) in [5.41, 5.74) is 0.836. The first kappa shape index (κ1) is 26.4. The van der Waals surface area contributed by atoms with Gasteiger partial charge in [0.1, 0.15) is 18.6 Å². The summed E-state index contributed by atoms with van der Waals surface area (Å²) < 4.78 is 39.3. The maximum absolute atomic E-state index is 12.6. The average molecular weight is 493 g/mol. The number of ether oxygens (including phenoxy) is 7. The number of hydrogen-bond donors (Lipinski definition) is 0. The lowest BCUT2D eigenvalue weighted by molar-refractivity contribution is -0.183. The van der Waals surface area contributed by atoms with Gasteiger partial charge in [-0.2, -0.15) is 0 Å². The average Bonchev–Trinajstić information content (AvgIpc) is 2.83. The minimum Gasteiger partial charge on any atom is -0.468 e. The van der Waals surface area contributed by atoms with Crippen molar-refractivity contribution in [1.29, 1.82) is 0 Å². The third-order valence-corrected chi connectivity index (χ3v) is 7.63. The van der Waals surface area contributed by atoms with Crippen LogP contribution in [0.2, 0.25) is 0 Å². The first-order chi connectivity index (χ1) is 17.1. The lowest BCUT2D eigenvalue weighted by Gasteiger charge is -2.40. The summed E-state index contributed by atoms with van der Waals surface area (Å²) >= 11 is 0. The zero-order valence-corrected chi connectivity index (χ0v) is 21.1. The first-order valence-electron chi connectivity index (χ1n) is 12.9. The molecular formula is C27H40O8. The van der Waals surface area contributed by atoms with Crippen molar-refractivity contribution in [2.45, 2.75) is 64.6 Å². The normalized spacial score (nSPS) is 24.7. The van der Waals surface area contributed by atoms with Gasteiger partial charge in [0.25, 0.3) is 0 Å². The topological polar surface area (TPSA) is 81.7 Å². The summed E-state index contributed by atoms with van der Waals surface area (Å²) in [6.07, 6.45) is 5.49. The van der Waals surface area contributed by atoms with Crippen molar-refractivity contribution in [3.63, 3.8) is 0 Å². The second-order valence-corrected chi connectivity index (χ2v) is 10.3. The summed E-state index contributed by atoms with van der Waals surface area (Å²) in [5, 5.41) is 0. The fourth-order valence-electron chi connectivity index (χ4n) is 4.55. The highest BCUT2D eigenvalue weighted by Gasteiger charge is 2.38. The molecule has 0 atom stereocenters. The molecule has 196 valence electrons. The molecule has 4 rings (SSSR count). The van der Waals surface area contributed by atoms with Gasteiger partial charge in [-0.3, -0.25) is 0 Å². The highest BCUT2D eigenvalue weighted by Crippen LogP contribution is 2.32. The van der Waals surface area contributed by atoms with E-state index < -0.39 is 0 Å². The number of benzene rings is 1. The molecule has 1 aromatic carbocycles. The van der Waals surface area contributed by atoms with Crippen LogP contribution < -0.4 is 4.74 Å². The van der Waals surface area contributed by atoms with Crippen molar-refractivity contribution < 1.29 is 38.0 Å². The molecule has 3 aliphatic rings. The summed E-state index contributed by atoms with van der Waals surface area (Å²) in [6.45, 7) is 9.17. The monoisotopic (exact) mass is 492 g/mol. The lowest BCUT2D eigenvalue weighted by atomic mass is 9.84. The molecule has 35 heavy (non-hydrogen) atoms. The zero-order valence-electron chi connectivity index (χ0n) is 21.1. The SMILES string of the molecule is CCC1(COCOc2ccc(C(=O)OC3CCC(OCOCC4(CC)COC4)CC3)cc2)COC1. The quantitative estimate of drug-likeness (QED) is 0.215. The van der Waals surface area contributed by atoms with E-state index in [9.17, 15) is 4.79 Å². The Hall–Kier alpha value is -1.71. The van der Waals surface area contributed by atoms with E-state index >= 15 is 0 Å². The Labute approximate surface area is 208 Å². The van der Waals surface area contributed by atoms with Crippen LogP contribution >= 0.6 is 0 Å². The minimum absolute atomic E-state index is 0.0792. The Balaban J connectivity index is 1.08. The number of carbonyl (C=O) groups is 1. The molecule has 0 spiro atoms. The predicted octanol–water partition coefficient (Wildman–Crippen LogP) is 4.35. The molecule has 1 saturated carbocycles. The summed E-state index contributed by atoms with van der Waals surface area (Å²) in [6, 6.07) is 7.00. The van der Waals surface area contributed by atoms with Crippen molar-refractivity contribution in [3.8, 4) is 5.75 Å². The molecule has 2 heterocycles. The van der Waals surface area contributed by atoms with Crippen molar-refractivity contribution in [2.75, 3.05) is 53.2 Å². The Bertz CT molecular complexity index is 768. The third kappa shape index (κ3) is 7.17. The third-order valence-electron chi connectivity index (χ3n) is 7.63. The van der Waals surface area contributed by atoms with Gasteiger partial charge in [-0.25, -0.2) is 4.79 Å². The van der Waals surface area contributed by atoms with E-state index in [1.54, 1.807) is 24.3 Å². The van der Waals surface area contributed by atoms with Gasteiger partial charge in [0, 0.05) is 10.8 Å². The minimum atomic E-state index is -0.303. The van der Waals surface area contributed by atoms with Gasteiger partial charge in [0.2, 0.25) is 0 Å². The van der Waals surface area contributed by atoms with E-state index in [1.807, 2.05) is 0 Å². The van der Waals surface area contributed by atoms with Crippen LogP contribution in [0.1, 0.15) is 62.7 Å². The van der Waals surface area contributed by atoms with Crippen LogP contribution in [0.4, 0.5) is 0 Å². The molecule has 0 bridgehead atoms. The number of carbonyl (C=O) groups excluding carboxylic acids is 1. The molecule has 1 aliphatic carbocycles. The van der Waals surface area contributed by atoms with E-state index in [2.05, 4.69) is 13.8 Å². The Kier molecular flexibility index (Phi) is 9.41. The van der Waals surface area contributed by atoms with E-state index in [4.69, 9.17) is 33.2 Å². The molecular weight excluding hydrogens is 452 g/mol. The molecule has 2 aliphatic heterocycles. The van der Waals surface area contributed by atoms with E-state index in [1.165, 1.54) is 0 Å². The first-order valence-corrected chi connectivity index (χ1v) is 12.9. The van der Waals surface area contributed by atoms with Crippen LogP contribution in [0.25, 0.3) is 0 Å². The number of rotatable bonds is 14. The second kappa shape index (κ2) is 12.5. The van der Waals surface area contributed by atoms with Gasteiger partial charge >= 0.3 is 5.97 Å². The van der Waals surface area contributed by atoms with E-state index in [0.29, 0.717) is 31.3 Å². The van der Waals surface area contributed by atoms with Crippen LogP contribution in [-0.2, 0) is 28.4 Å². The van der Waals surface area contributed by atoms with E-state index in [-0.39, 0.29) is 35.8 Å². The van der Waals surface area contributed by atoms with Gasteiger partial charge in [0.15, 0.2) is 6.79 Å². The summed E-state index contributed by atoms with van der Waals surface area (Å²) in [5.74, 6) is 0.356. The van der Waals surface area contributed by atoms with Crippen LogP contribution in [-0.4, -0.2) is 71.4 Å². The molecule has 0 aromatic heterocycles. The van der Waals surface area contributed by atoms with Crippen LogP contribution in [0.3, 0.4) is 0 Å². The van der Waals surface area contributed by atoms with Gasteiger partial charge < -0.3 is 33.2 Å². The summed E-state index contributed by atoms with van der Waals surface area (Å²) in [7, 11) is 0.